The topological polar surface area (TPSA) is 129 Å². The van der Waals surface area contributed by atoms with E-state index in [0.29, 0.717) is 12.1 Å². The molecule has 126 valence electrons. The van der Waals surface area contributed by atoms with Crippen molar-refractivity contribution in [3.05, 3.63) is 6.33 Å². The lowest BCUT2D eigenvalue weighted by atomic mass is 10.1. The van der Waals surface area contributed by atoms with E-state index in [2.05, 4.69) is 15.0 Å². The minimum atomic E-state index is -1.74. The molecule has 1 aliphatic rings. The van der Waals surface area contributed by atoms with Crippen molar-refractivity contribution < 1.29 is 24.1 Å². The van der Waals surface area contributed by atoms with Crippen LogP contribution in [-0.4, -0.2) is 61.3 Å². The van der Waals surface area contributed by atoms with E-state index in [1.807, 2.05) is 6.92 Å². The van der Waals surface area contributed by atoms with Crippen molar-refractivity contribution in [2.24, 2.45) is 0 Å². The minimum absolute atomic E-state index is 0.0435. The summed E-state index contributed by atoms with van der Waals surface area (Å²) in [6.45, 7) is 1.87. The molecule has 1 aliphatic heterocycles. The van der Waals surface area contributed by atoms with Crippen LogP contribution in [0.3, 0.4) is 0 Å². The Morgan fingerprint density at radius 3 is 2.91 bits per heavy atom. The van der Waals surface area contributed by atoms with Crippen molar-refractivity contribution >= 4 is 17.1 Å². The Hall–Kier alpha value is -2.04. The van der Waals surface area contributed by atoms with Crippen LogP contribution in [0.4, 0.5) is 10.3 Å². The second kappa shape index (κ2) is 6.22. The summed E-state index contributed by atoms with van der Waals surface area (Å²) < 4.78 is 26.4. The van der Waals surface area contributed by atoms with E-state index in [-0.39, 0.29) is 17.5 Å². The summed E-state index contributed by atoms with van der Waals surface area (Å²) in [5.74, 6) is 0.166. The van der Waals surface area contributed by atoms with Crippen molar-refractivity contribution in [2.45, 2.75) is 38.0 Å². The molecule has 4 N–H and O–H groups in total. The highest BCUT2D eigenvalue weighted by Gasteiger charge is 2.45. The number of imidazole rings is 1. The molecular weight excluding hydrogens is 309 g/mol. The van der Waals surface area contributed by atoms with Gasteiger partial charge in [0.15, 0.2) is 23.6 Å². The quantitative estimate of drug-likeness (QED) is 0.688. The highest BCUT2D eigenvalue weighted by molar-refractivity contribution is 5.77. The lowest BCUT2D eigenvalue weighted by molar-refractivity contribution is -0.0459. The van der Waals surface area contributed by atoms with Crippen molar-refractivity contribution in [2.75, 3.05) is 18.9 Å². The average molecular weight is 327 g/mol. The first-order valence-corrected chi connectivity index (χ1v) is 7.28. The molecule has 1 fully saturated rings. The fourth-order valence-electron chi connectivity index (χ4n) is 2.47. The lowest BCUT2D eigenvalue weighted by Crippen LogP contribution is -2.30. The SMILES string of the molecule is CCCOc1nc(N)nc2c1ncn2C1OC(CO)C(O)C1F. The summed E-state index contributed by atoms with van der Waals surface area (Å²) in [4.78, 5) is 12.2. The van der Waals surface area contributed by atoms with Crippen LogP contribution < -0.4 is 10.5 Å². The number of nitrogens with zero attached hydrogens (tertiary/aromatic N) is 4. The van der Waals surface area contributed by atoms with Gasteiger partial charge in [0, 0.05) is 0 Å². The van der Waals surface area contributed by atoms with E-state index in [9.17, 15) is 9.50 Å². The first-order valence-electron chi connectivity index (χ1n) is 7.28. The molecule has 23 heavy (non-hydrogen) atoms. The van der Waals surface area contributed by atoms with Gasteiger partial charge in [0.1, 0.15) is 12.2 Å². The number of rotatable bonds is 5. The maximum atomic E-state index is 14.3. The predicted molar refractivity (Wildman–Crippen MR) is 77.4 cm³/mol. The van der Waals surface area contributed by atoms with Crippen LogP contribution >= 0.6 is 0 Å². The number of fused-ring (bicyclic) bond motifs is 1. The lowest BCUT2D eigenvalue weighted by Gasteiger charge is -2.15. The van der Waals surface area contributed by atoms with Gasteiger partial charge in [0.2, 0.25) is 11.8 Å². The Morgan fingerprint density at radius 2 is 2.26 bits per heavy atom. The van der Waals surface area contributed by atoms with Crippen LogP contribution in [0, 0.1) is 0 Å². The molecule has 3 heterocycles. The monoisotopic (exact) mass is 327 g/mol. The number of nitrogens with two attached hydrogens (primary N) is 1. The second-order valence-electron chi connectivity index (χ2n) is 5.24. The van der Waals surface area contributed by atoms with Crippen LogP contribution in [0.5, 0.6) is 5.88 Å². The van der Waals surface area contributed by atoms with Gasteiger partial charge in [-0.15, -0.1) is 0 Å². The molecule has 0 saturated carbocycles. The largest absolute Gasteiger partial charge is 0.476 e. The number of aliphatic hydroxyl groups is 2. The van der Waals surface area contributed by atoms with Crippen molar-refractivity contribution in [1.82, 2.24) is 19.5 Å². The van der Waals surface area contributed by atoms with E-state index in [4.69, 9.17) is 20.3 Å². The molecule has 0 amide bonds. The van der Waals surface area contributed by atoms with Gasteiger partial charge in [0.05, 0.1) is 19.5 Å². The number of hydrogen-bond acceptors (Lipinski definition) is 8. The van der Waals surface area contributed by atoms with Crippen LogP contribution in [0.1, 0.15) is 19.6 Å². The number of aromatic nitrogens is 4. The zero-order chi connectivity index (χ0) is 16.6. The molecule has 4 unspecified atom stereocenters. The van der Waals surface area contributed by atoms with Gasteiger partial charge in [-0.2, -0.15) is 9.97 Å². The molecule has 0 aromatic carbocycles. The number of nitrogen functional groups attached to an aromatic ring is 1. The molecule has 2 aromatic heterocycles. The zero-order valence-corrected chi connectivity index (χ0v) is 12.5. The summed E-state index contributed by atoms with van der Waals surface area (Å²) in [6, 6.07) is 0. The van der Waals surface area contributed by atoms with E-state index >= 15 is 0 Å². The predicted octanol–water partition coefficient (Wildman–Crippen LogP) is -0.214. The van der Waals surface area contributed by atoms with Crippen molar-refractivity contribution in [3.8, 4) is 5.88 Å². The number of ether oxygens (including phenoxy) is 2. The van der Waals surface area contributed by atoms with Crippen LogP contribution in [0.2, 0.25) is 0 Å². The Morgan fingerprint density at radius 1 is 1.48 bits per heavy atom. The molecule has 2 aromatic rings. The normalized spacial score (nSPS) is 27.7. The summed E-state index contributed by atoms with van der Waals surface area (Å²) in [6.07, 6.45) is -3.25. The number of anilines is 1. The average Bonchev–Trinajstić information content (AvgIpc) is 3.07. The summed E-state index contributed by atoms with van der Waals surface area (Å²) >= 11 is 0. The van der Waals surface area contributed by atoms with E-state index < -0.39 is 31.2 Å². The van der Waals surface area contributed by atoms with Crippen LogP contribution in [0.15, 0.2) is 6.33 Å². The maximum Gasteiger partial charge on any atom is 0.247 e. The van der Waals surface area contributed by atoms with Crippen LogP contribution in [-0.2, 0) is 4.74 Å². The third-order valence-electron chi connectivity index (χ3n) is 3.60. The molecule has 0 bridgehead atoms. The van der Waals surface area contributed by atoms with Gasteiger partial charge in [-0.25, -0.2) is 9.37 Å². The van der Waals surface area contributed by atoms with Gasteiger partial charge in [0.25, 0.3) is 0 Å². The number of halogens is 1. The number of alkyl halides is 1. The second-order valence-corrected chi connectivity index (χ2v) is 5.24. The summed E-state index contributed by atoms with van der Waals surface area (Å²) in [5.41, 5.74) is 6.23. The Balaban J connectivity index is 2.01. The molecule has 0 spiro atoms. The van der Waals surface area contributed by atoms with Crippen molar-refractivity contribution in [3.63, 3.8) is 0 Å². The van der Waals surface area contributed by atoms with Gasteiger partial charge >= 0.3 is 0 Å². The molecule has 0 radical (unpaired) electrons. The minimum Gasteiger partial charge on any atom is -0.476 e. The van der Waals surface area contributed by atoms with Gasteiger partial charge in [-0.05, 0) is 6.42 Å². The van der Waals surface area contributed by atoms with Gasteiger partial charge in [-0.3, -0.25) is 4.57 Å². The standard InChI is InChI=1S/C13H18FN5O4/c1-2-3-22-11-8-10(17-13(15)18-11)19(5-16-8)12-7(14)9(21)6(4-20)23-12/h5-7,9,12,20-21H,2-4H2,1H3,(H2,15,17,18). The zero-order valence-electron chi connectivity index (χ0n) is 12.5. The molecule has 3 rings (SSSR count). The first kappa shape index (κ1) is 15.8. The Bertz CT molecular complexity index is 696. The highest BCUT2D eigenvalue weighted by Crippen LogP contribution is 2.34. The highest BCUT2D eigenvalue weighted by atomic mass is 19.1. The summed E-state index contributed by atoms with van der Waals surface area (Å²) in [5, 5.41) is 18.9. The van der Waals surface area contributed by atoms with E-state index in [0.717, 1.165) is 6.42 Å². The fraction of sp³-hybridized carbons (Fsp3) is 0.615. The Kier molecular flexibility index (Phi) is 4.28. The molecule has 9 nitrogen and oxygen atoms in total. The van der Waals surface area contributed by atoms with E-state index in [1.165, 1.54) is 10.9 Å². The van der Waals surface area contributed by atoms with Gasteiger partial charge < -0.3 is 25.4 Å². The molecule has 4 atom stereocenters. The van der Waals surface area contributed by atoms with Crippen molar-refractivity contribution in [1.29, 1.82) is 0 Å². The number of aliphatic hydroxyl groups excluding tert-OH is 2. The molecule has 0 aliphatic carbocycles. The molecular formula is C13H18FN5O4. The maximum absolute atomic E-state index is 14.3. The molecule has 1 saturated heterocycles. The summed E-state index contributed by atoms with van der Waals surface area (Å²) in [7, 11) is 0. The van der Waals surface area contributed by atoms with Crippen LogP contribution in [0.25, 0.3) is 11.2 Å². The first-order chi connectivity index (χ1) is 11.1. The van der Waals surface area contributed by atoms with E-state index in [1.54, 1.807) is 0 Å². The third kappa shape index (κ3) is 2.69. The fourth-order valence-corrected chi connectivity index (χ4v) is 2.47. The third-order valence-corrected chi connectivity index (χ3v) is 3.60. The smallest absolute Gasteiger partial charge is 0.247 e. The molecule has 10 heteroatoms. The number of hydrogen-bond donors (Lipinski definition) is 3. The Labute approximate surface area is 130 Å². The van der Waals surface area contributed by atoms with Gasteiger partial charge in [-0.1, -0.05) is 6.92 Å².